The van der Waals surface area contributed by atoms with E-state index in [4.69, 9.17) is 28.2 Å². The van der Waals surface area contributed by atoms with Crippen molar-refractivity contribution in [3.8, 4) is 11.3 Å². The summed E-state index contributed by atoms with van der Waals surface area (Å²) in [5, 5.41) is 3.43. The lowest BCUT2D eigenvalue weighted by atomic mass is 10.1. The van der Waals surface area contributed by atoms with Gasteiger partial charge in [0.05, 0.1) is 16.4 Å². The molecule has 0 saturated carbocycles. The van der Waals surface area contributed by atoms with Gasteiger partial charge >= 0.3 is 0 Å². The average Bonchev–Trinajstić information content (AvgIpc) is 2.96. The number of nitrogens with zero attached hydrogens (tertiary/aromatic N) is 2. The van der Waals surface area contributed by atoms with E-state index in [0.29, 0.717) is 10.0 Å². The topological polar surface area (TPSA) is 17.3 Å². The van der Waals surface area contributed by atoms with E-state index in [1.54, 1.807) is 17.4 Å². The van der Waals surface area contributed by atoms with Crippen molar-refractivity contribution in [1.29, 1.82) is 0 Å². The molecule has 0 atom stereocenters. The molecule has 2 aromatic carbocycles. The Morgan fingerprint density at radius 1 is 1.08 bits per heavy atom. The van der Waals surface area contributed by atoms with Crippen LogP contribution in [0.3, 0.4) is 0 Å². The maximum Gasteiger partial charge on any atom is 0.190 e. The van der Waals surface area contributed by atoms with Crippen molar-refractivity contribution >= 4 is 52.6 Å². The minimum absolute atomic E-state index is 0. The highest BCUT2D eigenvalue weighted by Gasteiger charge is 2.11. The van der Waals surface area contributed by atoms with Crippen molar-refractivity contribution in [1.82, 2.24) is 4.57 Å². The summed E-state index contributed by atoms with van der Waals surface area (Å²) < 4.78 is 2.25. The van der Waals surface area contributed by atoms with E-state index >= 15 is 0 Å². The number of para-hydroxylation sites is 1. The third kappa shape index (κ3) is 4.89. The first-order valence-corrected chi connectivity index (χ1v) is 9.56. The van der Waals surface area contributed by atoms with Crippen LogP contribution < -0.4 is 4.80 Å². The van der Waals surface area contributed by atoms with E-state index in [-0.39, 0.29) is 12.4 Å². The number of hydrogen-bond donors (Lipinski definition) is 0. The fourth-order valence-electron chi connectivity index (χ4n) is 2.48. The fraction of sp³-hybridized carbons (Fsp3) is 0.211. The predicted molar refractivity (Wildman–Crippen MR) is 112 cm³/mol. The Labute approximate surface area is 168 Å². The number of halogens is 3. The van der Waals surface area contributed by atoms with Gasteiger partial charge in [0.25, 0.3) is 0 Å². The van der Waals surface area contributed by atoms with Crippen molar-refractivity contribution in [2.24, 2.45) is 4.99 Å². The largest absolute Gasteiger partial charge is 0.316 e. The number of rotatable bonds is 5. The van der Waals surface area contributed by atoms with Gasteiger partial charge < -0.3 is 4.57 Å². The zero-order chi connectivity index (χ0) is 16.9. The van der Waals surface area contributed by atoms with Crippen LogP contribution in [-0.2, 0) is 6.54 Å². The molecule has 1 heterocycles. The highest BCUT2D eigenvalue weighted by Crippen LogP contribution is 2.31. The zero-order valence-electron chi connectivity index (χ0n) is 13.8. The summed E-state index contributed by atoms with van der Waals surface area (Å²) in [7, 11) is 0. The summed E-state index contributed by atoms with van der Waals surface area (Å²) in [6.45, 7) is 3.11. The molecular weight excluding hydrogens is 395 g/mol. The lowest BCUT2D eigenvalue weighted by molar-refractivity contribution is 0.624. The molecule has 1 aromatic heterocycles. The van der Waals surface area contributed by atoms with Crippen molar-refractivity contribution in [3.63, 3.8) is 0 Å². The molecule has 3 rings (SSSR count). The van der Waals surface area contributed by atoms with Crippen molar-refractivity contribution in [2.75, 3.05) is 0 Å². The maximum atomic E-state index is 6.42. The van der Waals surface area contributed by atoms with E-state index in [1.165, 1.54) is 0 Å². The van der Waals surface area contributed by atoms with E-state index in [0.717, 1.165) is 41.1 Å². The maximum absolute atomic E-state index is 6.42. The van der Waals surface area contributed by atoms with Crippen LogP contribution in [0, 0.1) is 0 Å². The van der Waals surface area contributed by atoms with Gasteiger partial charge in [0.2, 0.25) is 0 Å². The van der Waals surface area contributed by atoms with Gasteiger partial charge in [0.1, 0.15) is 0 Å². The summed E-state index contributed by atoms with van der Waals surface area (Å²) in [6.07, 6.45) is 2.22. The molecule has 0 amide bonds. The monoisotopic (exact) mass is 412 g/mol. The van der Waals surface area contributed by atoms with E-state index in [9.17, 15) is 0 Å². The van der Waals surface area contributed by atoms with E-state index in [1.807, 2.05) is 42.5 Å². The second-order valence-electron chi connectivity index (χ2n) is 5.48. The summed E-state index contributed by atoms with van der Waals surface area (Å²) in [6, 6.07) is 15.7. The van der Waals surface area contributed by atoms with Crippen LogP contribution in [0.5, 0.6) is 0 Å². The highest BCUT2D eigenvalue weighted by molar-refractivity contribution is 7.07. The molecule has 6 heteroatoms. The third-order valence-electron chi connectivity index (χ3n) is 3.72. The Morgan fingerprint density at radius 3 is 2.52 bits per heavy atom. The molecule has 0 unspecified atom stereocenters. The summed E-state index contributed by atoms with van der Waals surface area (Å²) in [4.78, 5) is 5.78. The molecule has 0 bridgehead atoms. The fourth-order valence-corrected chi connectivity index (χ4v) is 3.93. The Morgan fingerprint density at radius 2 is 1.84 bits per heavy atom. The van der Waals surface area contributed by atoms with Crippen LogP contribution in [-0.4, -0.2) is 4.57 Å². The Hall–Kier alpha value is -1.26. The third-order valence-corrected chi connectivity index (χ3v) is 5.13. The van der Waals surface area contributed by atoms with Gasteiger partial charge in [-0.05, 0) is 36.8 Å². The number of unbranched alkanes of at least 4 members (excludes halogenated alkanes) is 1. The molecule has 0 saturated heterocycles. The van der Waals surface area contributed by atoms with E-state index < -0.39 is 0 Å². The summed E-state index contributed by atoms with van der Waals surface area (Å²) in [5.41, 5.74) is 3.03. The van der Waals surface area contributed by atoms with E-state index in [2.05, 4.69) is 16.9 Å². The molecule has 2 nitrogen and oxygen atoms in total. The molecule has 3 aromatic rings. The number of benzene rings is 2. The second-order valence-corrected chi connectivity index (χ2v) is 7.16. The molecule has 0 aliphatic heterocycles. The molecule has 0 aliphatic rings. The average molecular weight is 414 g/mol. The predicted octanol–water partition coefficient (Wildman–Crippen LogP) is 6.98. The van der Waals surface area contributed by atoms with Gasteiger partial charge in [-0.3, -0.25) is 0 Å². The van der Waals surface area contributed by atoms with Crippen LogP contribution in [0.15, 0.2) is 58.9 Å². The van der Waals surface area contributed by atoms with Gasteiger partial charge in [-0.25, -0.2) is 4.99 Å². The van der Waals surface area contributed by atoms with Crippen LogP contribution >= 0.6 is 46.9 Å². The first-order chi connectivity index (χ1) is 11.7. The minimum atomic E-state index is 0. The van der Waals surface area contributed by atoms with Crippen LogP contribution in [0.2, 0.25) is 10.0 Å². The van der Waals surface area contributed by atoms with Gasteiger partial charge in [-0.15, -0.1) is 23.7 Å². The zero-order valence-corrected chi connectivity index (χ0v) is 16.9. The quantitative estimate of drug-likeness (QED) is 0.429. The van der Waals surface area contributed by atoms with Crippen molar-refractivity contribution in [2.45, 2.75) is 26.3 Å². The Bertz CT molecular complexity index is 885. The lowest BCUT2D eigenvalue weighted by Crippen LogP contribution is -2.16. The lowest BCUT2D eigenvalue weighted by Gasteiger charge is -2.10. The molecule has 0 radical (unpaired) electrons. The van der Waals surface area contributed by atoms with Gasteiger partial charge in [0, 0.05) is 22.5 Å². The number of hydrogen-bond acceptors (Lipinski definition) is 2. The van der Waals surface area contributed by atoms with Crippen LogP contribution in [0.1, 0.15) is 19.8 Å². The number of aromatic nitrogens is 1. The second kappa shape index (κ2) is 9.44. The summed E-state index contributed by atoms with van der Waals surface area (Å²) >= 11 is 14.1. The summed E-state index contributed by atoms with van der Waals surface area (Å²) in [5.74, 6) is 0. The standard InChI is InChI=1S/C19H18Cl2N2S.ClH/c1-2-3-11-23-18(16-10-9-14(20)12-17(16)21)13-24-19(23)22-15-7-5-4-6-8-15;/h4-10,12-13H,2-3,11H2,1H3;1H. The SMILES string of the molecule is CCCCn1c(-c2ccc(Cl)cc2Cl)csc1=Nc1ccccc1.Cl. The van der Waals surface area contributed by atoms with Crippen molar-refractivity contribution < 1.29 is 0 Å². The minimum Gasteiger partial charge on any atom is -0.316 e. The van der Waals surface area contributed by atoms with Crippen LogP contribution in [0.4, 0.5) is 5.69 Å². The van der Waals surface area contributed by atoms with Gasteiger partial charge in [-0.1, -0.05) is 54.7 Å². The van der Waals surface area contributed by atoms with Gasteiger partial charge in [0.15, 0.2) is 4.80 Å². The molecule has 132 valence electrons. The van der Waals surface area contributed by atoms with Crippen molar-refractivity contribution in [3.05, 3.63) is 68.8 Å². The van der Waals surface area contributed by atoms with Crippen LogP contribution in [0.25, 0.3) is 11.3 Å². The van der Waals surface area contributed by atoms with Gasteiger partial charge in [-0.2, -0.15) is 0 Å². The molecule has 0 aliphatic carbocycles. The normalized spacial score (nSPS) is 11.4. The highest BCUT2D eigenvalue weighted by atomic mass is 35.5. The first-order valence-electron chi connectivity index (χ1n) is 7.92. The Balaban J connectivity index is 0.00000225. The Kier molecular flexibility index (Phi) is 7.57. The molecule has 0 N–H and O–H groups in total. The first kappa shape index (κ1) is 20.1. The molecule has 0 spiro atoms. The molecule has 25 heavy (non-hydrogen) atoms. The smallest absolute Gasteiger partial charge is 0.190 e. The number of thiazole rings is 1. The molecular formula is C19H19Cl3N2S. The molecule has 0 fully saturated rings.